The molecule has 2 atom stereocenters. The van der Waals surface area contributed by atoms with Crippen molar-refractivity contribution in [1.82, 2.24) is 5.32 Å². The lowest BCUT2D eigenvalue weighted by Crippen LogP contribution is -2.41. The van der Waals surface area contributed by atoms with Crippen LogP contribution in [-0.4, -0.2) is 30.8 Å². The largest absolute Gasteiger partial charge is 0.396 e. The van der Waals surface area contributed by atoms with E-state index in [1.165, 1.54) is 19.3 Å². The van der Waals surface area contributed by atoms with E-state index in [4.69, 9.17) is 10.8 Å². The minimum atomic E-state index is 0.191. The Kier molecular flexibility index (Phi) is 5.03. The van der Waals surface area contributed by atoms with E-state index in [1.807, 2.05) is 0 Å². The van der Waals surface area contributed by atoms with Crippen molar-refractivity contribution in [3.05, 3.63) is 0 Å². The molecule has 0 saturated heterocycles. The predicted molar refractivity (Wildman–Crippen MR) is 63.7 cm³/mol. The average Bonchev–Trinajstić information content (AvgIpc) is 2.62. The van der Waals surface area contributed by atoms with Gasteiger partial charge >= 0.3 is 0 Å². The first kappa shape index (κ1) is 12.9. The fraction of sp³-hybridized carbons (Fsp3) is 1.00. The van der Waals surface area contributed by atoms with E-state index in [-0.39, 0.29) is 12.0 Å². The highest BCUT2D eigenvalue weighted by molar-refractivity contribution is 4.85. The Morgan fingerprint density at radius 2 is 2.13 bits per heavy atom. The molecule has 0 amide bonds. The highest BCUT2D eigenvalue weighted by atomic mass is 16.3. The molecule has 0 heterocycles. The maximum atomic E-state index is 8.94. The van der Waals surface area contributed by atoms with Crippen LogP contribution in [0.15, 0.2) is 0 Å². The molecule has 2 unspecified atom stereocenters. The van der Waals surface area contributed by atoms with Crippen molar-refractivity contribution in [3.63, 3.8) is 0 Å². The molecule has 1 saturated carbocycles. The van der Waals surface area contributed by atoms with Crippen LogP contribution in [0.5, 0.6) is 0 Å². The van der Waals surface area contributed by atoms with Gasteiger partial charge < -0.3 is 16.2 Å². The lowest BCUT2D eigenvalue weighted by molar-refractivity contribution is 0.199. The monoisotopic (exact) mass is 214 g/mol. The highest BCUT2D eigenvalue weighted by Gasteiger charge is 2.27. The molecular formula is C12H26N2O. The van der Waals surface area contributed by atoms with Crippen molar-refractivity contribution in [2.75, 3.05) is 19.7 Å². The summed E-state index contributed by atoms with van der Waals surface area (Å²) < 4.78 is 0. The topological polar surface area (TPSA) is 58.3 Å². The molecule has 1 rings (SSSR count). The smallest absolute Gasteiger partial charge is 0.0436 e. The summed E-state index contributed by atoms with van der Waals surface area (Å²) in [5.41, 5.74) is 5.93. The summed E-state index contributed by atoms with van der Waals surface area (Å²) in [6.07, 6.45) is 4.70. The van der Waals surface area contributed by atoms with Crippen molar-refractivity contribution in [2.45, 2.75) is 45.6 Å². The highest BCUT2D eigenvalue weighted by Crippen LogP contribution is 2.26. The minimum absolute atomic E-state index is 0.191. The van der Waals surface area contributed by atoms with Gasteiger partial charge in [-0.2, -0.15) is 0 Å². The molecule has 0 aromatic heterocycles. The van der Waals surface area contributed by atoms with Gasteiger partial charge in [0.15, 0.2) is 0 Å². The van der Waals surface area contributed by atoms with Gasteiger partial charge in [0.25, 0.3) is 0 Å². The van der Waals surface area contributed by atoms with Gasteiger partial charge in [-0.1, -0.05) is 20.3 Å². The van der Waals surface area contributed by atoms with Crippen molar-refractivity contribution in [1.29, 1.82) is 0 Å². The minimum Gasteiger partial charge on any atom is -0.396 e. The summed E-state index contributed by atoms with van der Waals surface area (Å²) >= 11 is 0. The summed E-state index contributed by atoms with van der Waals surface area (Å²) in [7, 11) is 0. The molecule has 1 aliphatic rings. The molecule has 1 fully saturated rings. The number of aliphatic hydroxyl groups excluding tert-OH is 1. The maximum Gasteiger partial charge on any atom is 0.0436 e. The van der Waals surface area contributed by atoms with E-state index in [0.29, 0.717) is 12.0 Å². The van der Waals surface area contributed by atoms with E-state index >= 15 is 0 Å². The summed E-state index contributed by atoms with van der Waals surface area (Å²) in [5, 5.41) is 12.6. The first-order chi connectivity index (χ1) is 7.09. The summed E-state index contributed by atoms with van der Waals surface area (Å²) in [6.45, 7) is 6.46. The summed E-state index contributed by atoms with van der Waals surface area (Å²) in [5.74, 6) is 0.662. The number of nitrogens with two attached hydrogens (primary N) is 1. The number of nitrogens with one attached hydrogen (secondary N) is 1. The fourth-order valence-corrected chi connectivity index (χ4v) is 2.39. The normalized spacial score (nSPS) is 27.2. The van der Waals surface area contributed by atoms with Gasteiger partial charge in [-0.3, -0.25) is 0 Å². The zero-order chi connectivity index (χ0) is 11.3. The van der Waals surface area contributed by atoms with E-state index in [0.717, 1.165) is 19.5 Å². The Morgan fingerprint density at radius 1 is 1.40 bits per heavy atom. The van der Waals surface area contributed by atoms with E-state index in [2.05, 4.69) is 19.2 Å². The quantitative estimate of drug-likeness (QED) is 0.621. The van der Waals surface area contributed by atoms with Crippen LogP contribution in [0.2, 0.25) is 0 Å². The average molecular weight is 214 g/mol. The molecule has 0 aliphatic heterocycles. The number of hydrogen-bond donors (Lipinski definition) is 3. The number of rotatable bonds is 6. The fourth-order valence-electron chi connectivity index (χ4n) is 2.39. The molecule has 3 heteroatoms. The van der Waals surface area contributed by atoms with Crippen LogP contribution in [0.3, 0.4) is 0 Å². The Morgan fingerprint density at radius 3 is 2.73 bits per heavy atom. The number of aliphatic hydroxyl groups is 1. The van der Waals surface area contributed by atoms with Crippen LogP contribution >= 0.6 is 0 Å². The maximum absolute atomic E-state index is 8.94. The Hall–Kier alpha value is -0.120. The third-order valence-corrected chi connectivity index (χ3v) is 3.59. The third kappa shape index (κ3) is 4.09. The number of hydrogen-bond acceptors (Lipinski definition) is 3. The van der Waals surface area contributed by atoms with Gasteiger partial charge in [-0.05, 0) is 37.1 Å². The second kappa shape index (κ2) is 5.83. The molecule has 3 nitrogen and oxygen atoms in total. The molecule has 4 N–H and O–H groups in total. The lowest BCUT2D eigenvalue weighted by atomic mass is 9.89. The molecule has 90 valence electrons. The molecule has 0 bridgehead atoms. The molecular weight excluding hydrogens is 188 g/mol. The van der Waals surface area contributed by atoms with Crippen molar-refractivity contribution < 1.29 is 5.11 Å². The van der Waals surface area contributed by atoms with Gasteiger partial charge in [0.1, 0.15) is 0 Å². The summed E-state index contributed by atoms with van der Waals surface area (Å²) in [6, 6.07) is 0.605. The zero-order valence-corrected chi connectivity index (χ0v) is 10.1. The van der Waals surface area contributed by atoms with Crippen LogP contribution in [0.25, 0.3) is 0 Å². The predicted octanol–water partition coefficient (Wildman–Crippen LogP) is 1.11. The second-order valence-corrected chi connectivity index (χ2v) is 5.55. The first-order valence-electron chi connectivity index (χ1n) is 6.13. The van der Waals surface area contributed by atoms with Crippen LogP contribution in [0, 0.1) is 11.3 Å². The molecule has 0 radical (unpaired) electrons. The second-order valence-electron chi connectivity index (χ2n) is 5.55. The van der Waals surface area contributed by atoms with Crippen molar-refractivity contribution >= 4 is 0 Å². The van der Waals surface area contributed by atoms with E-state index in [9.17, 15) is 0 Å². The van der Waals surface area contributed by atoms with Gasteiger partial charge in [0.05, 0.1) is 0 Å². The Balaban J connectivity index is 2.29. The van der Waals surface area contributed by atoms with Gasteiger partial charge in [-0.15, -0.1) is 0 Å². The SMILES string of the molecule is CC(C)(CCO)CNC1CCCC1CN. The van der Waals surface area contributed by atoms with Crippen molar-refractivity contribution in [3.8, 4) is 0 Å². The molecule has 0 aromatic carbocycles. The molecule has 1 aliphatic carbocycles. The van der Waals surface area contributed by atoms with Crippen LogP contribution in [0.1, 0.15) is 39.5 Å². The van der Waals surface area contributed by atoms with Gasteiger partial charge in [0.2, 0.25) is 0 Å². The molecule has 15 heavy (non-hydrogen) atoms. The Labute approximate surface area is 93.4 Å². The van der Waals surface area contributed by atoms with Gasteiger partial charge in [0, 0.05) is 19.2 Å². The molecule has 0 aromatic rings. The van der Waals surface area contributed by atoms with Crippen LogP contribution in [-0.2, 0) is 0 Å². The molecule has 0 spiro atoms. The standard InChI is InChI=1S/C12H26N2O/c1-12(2,6-7-15)9-14-11-5-3-4-10(11)8-13/h10-11,14-15H,3-9,13H2,1-2H3. The van der Waals surface area contributed by atoms with Gasteiger partial charge in [-0.25, -0.2) is 0 Å². The van der Waals surface area contributed by atoms with Crippen molar-refractivity contribution in [2.24, 2.45) is 17.1 Å². The third-order valence-electron chi connectivity index (χ3n) is 3.59. The Bertz CT molecular complexity index is 182. The first-order valence-corrected chi connectivity index (χ1v) is 6.13. The van der Waals surface area contributed by atoms with Crippen LogP contribution in [0.4, 0.5) is 0 Å². The van der Waals surface area contributed by atoms with E-state index in [1.54, 1.807) is 0 Å². The zero-order valence-electron chi connectivity index (χ0n) is 10.1. The van der Waals surface area contributed by atoms with E-state index < -0.39 is 0 Å². The summed E-state index contributed by atoms with van der Waals surface area (Å²) in [4.78, 5) is 0. The van der Waals surface area contributed by atoms with Crippen LogP contribution < -0.4 is 11.1 Å². The lowest BCUT2D eigenvalue weighted by Gasteiger charge is -2.28.